The van der Waals surface area contributed by atoms with E-state index in [4.69, 9.17) is 4.74 Å². The van der Waals surface area contributed by atoms with Crippen molar-refractivity contribution in [3.8, 4) is 11.8 Å². The molecule has 2 rings (SSSR count). The maximum Gasteiger partial charge on any atom is 0.149 e. The summed E-state index contributed by atoms with van der Waals surface area (Å²) in [4.78, 5) is 10.7. The lowest BCUT2D eigenvalue weighted by molar-refractivity contribution is -0.105. The highest BCUT2D eigenvalue weighted by molar-refractivity contribution is 5.76. The zero-order chi connectivity index (χ0) is 13.2. The minimum atomic E-state index is 0.0283. The van der Waals surface area contributed by atoms with Gasteiger partial charge < -0.3 is 4.74 Å². The third-order valence-electron chi connectivity index (χ3n) is 2.75. The molecule has 0 aromatic heterocycles. The molecular weight excluding hydrogens is 224 g/mol. The van der Waals surface area contributed by atoms with Crippen LogP contribution in [0.5, 0.6) is 0 Å². The predicted molar refractivity (Wildman–Crippen MR) is 71.6 cm³/mol. The number of rotatable bonds is 1. The smallest absolute Gasteiger partial charge is 0.149 e. The van der Waals surface area contributed by atoms with Gasteiger partial charge in [-0.05, 0) is 39.3 Å². The lowest BCUT2D eigenvalue weighted by Gasteiger charge is -2.22. The van der Waals surface area contributed by atoms with E-state index in [1.807, 2.05) is 6.08 Å². The molecule has 1 heterocycles. The summed E-state index contributed by atoms with van der Waals surface area (Å²) in [6.45, 7) is 6.68. The van der Waals surface area contributed by atoms with Crippen molar-refractivity contribution < 1.29 is 9.53 Å². The van der Waals surface area contributed by atoms with Crippen LogP contribution in [0.1, 0.15) is 27.2 Å². The van der Waals surface area contributed by atoms with Gasteiger partial charge in [-0.25, -0.2) is 0 Å². The second-order valence-electron chi connectivity index (χ2n) is 5.68. The summed E-state index contributed by atoms with van der Waals surface area (Å²) in [5, 5.41) is 0. The number of hydrogen-bond donors (Lipinski definition) is 0. The molecule has 2 heteroatoms. The summed E-state index contributed by atoms with van der Waals surface area (Å²) < 4.78 is 5.57. The van der Waals surface area contributed by atoms with E-state index in [9.17, 15) is 4.79 Å². The zero-order valence-corrected chi connectivity index (χ0v) is 11.1. The fourth-order valence-corrected chi connectivity index (χ4v) is 1.84. The Morgan fingerprint density at radius 3 is 2.89 bits per heavy atom. The van der Waals surface area contributed by atoms with Crippen molar-refractivity contribution in [1.82, 2.24) is 0 Å². The molecule has 0 amide bonds. The van der Waals surface area contributed by atoms with E-state index in [2.05, 4.69) is 44.8 Å². The molecule has 0 saturated carbocycles. The molecule has 0 fully saturated rings. The van der Waals surface area contributed by atoms with E-state index >= 15 is 0 Å². The minimum absolute atomic E-state index is 0.0283. The van der Waals surface area contributed by atoms with E-state index in [1.165, 1.54) is 0 Å². The van der Waals surface area contributed by atoms with Gasteiger partial charge in [-0.3, -0.25) is 4.79 Å². The van der Waals surface area contributed by atoms with Gasteiger partial charge in [0.2, 0.25) is 0 Å². The van der Waals surface area contributed by atoms with E-state index in [0.717, 1.165) is 24.0 Å². The normalized spacial score (nSPS) is 22.4. The van der Waals surface area contributed by atoms with Crippen LogP contribution in [-0.2, 0) is 9.53 Å². The third kappa shape index (κ3) is 3.13. The molecule has 0 bridgehead atoms. The van der Waals surface area contributed by atoms with E-state index in [0.29, 0.717) is 12.2 Å². The van der Waals surface area contributed by atoms with Gasteiger partial charge in [0.15, 0.2) is 0 Å². The topological polar surface area (TPSA) is 26.3 Å². The Kier molecular flexibility index (Phi) is 3.43. The van der Waals surface area contributed by atoms with Gasteiger partial charge >= 0.3 is 0 Å². The van der Waals surface area contributed by atoms with Crippen molar-refractivity contribution >= 4 is 6.29 Å². The molecule has 0 saturated heterocycles. The van der Waals surface area contributed by atoms with Crippen LogP contribution >= 0.6 is 0 Å². The number of ether oxygens (including phenoxy) is 1. The summed E-state index contributed by atoms with van der Waals surface area (Å²) >= 11 is 0. The molecule has 2 aliphatic rings. The van der Waals surface area contributed by atoms with Crippen LogP contribution in [0.3, 0.4) is 0 Å². The van der Waals surface area contributed by atoms with Crippen LogP contribution in [0.15, 0.2) is 35.1 Å². The summed E-state index contributed by atoms with van der Waals surface area (Å²) in [7, 11) is 0. The Bertz CT molecular complexity index is 501. The maximum absolute atomic E-state index is 10.7. The maximum atomic E-state index is 10.7. The van der Waals surface area contributed by atoms with Crippen molar-refractivity contribution in [2.24, 2.45) is 11.3 Å². The van der Waals surface area contributed by atoms with Gasteiger partial charge in [-0.2, -0.15) is 0 Å². The van der Waals surface area contributed by atoms with Gasteiger partial charge in [-0.1, -0.05) is 17.9 Å². The minimum Gasteiger partial charge on any atom is -0.488 e. The number of fused-ring (bicyclic) bond motifs is 1. The molecule has 2 nitrogen and oxygen atoms in total. The second-order valence-corrected chi connectivity index (χ2v) is 5.68. The fourth-order valence-electron chi connectivity index (χ4n) is 1.84. The van der Waals surface area contributed by atoms with Crippen molar-refractivity contribution in [2.45, 2.75) is 27.2 Å². The summed E-state index contributed by atoms with van der Waals surface area (Å²) in [5.41, 5.74) is 1.73. The van der Waals surface area contributed by atoms with Crippen LogP contribution < -0.4 is 0 Å². The van der Waals surface area contributed by atoms with E-state index in [-0.39, 0.29) is 11.3 Å². The molecule has 94 valence electrons. The van der Waals surface area contributed by atoms with Gasteiger partial charge in [0.25, 0.3) is 0 Å². The average molecular weight is 242 g/mol. The molecule has 0 aromatic rings. The number of aldehydes is 1. The van der Waals surface area contributed by atoms with Crippen molar-refractivity contribution in [1.29, 1.82) is 0 Å². The fraction of sp³-hybridized carbons (Fsp3) is 0.438. The van der Waals surface area contributed by atoms with Crippen LogP contribution in [0.4, 0.5) is 0 Å². The molecule has 0 radical (unpaired) electrons. The van der Waals surface area contributed by atoms with E-state index in [1.54, 1.807) is 0 Å². The lowest BCUT2D eigenvalue weighted by Crippen LogP contribution is -2.13. The molecule has 1 unspecified atom stereocenters. The number of allylic oxidation sites excluding steroid dienone is 3. The quantitative estimate of drug-likeness (QED) is 0.522. The monoisotopic (exact) mass is 242 g/mol. The Hall–Kier alpha value is -1.75. The Morgan fingerprint density at radius 1 is 1.44 bits per heavy atom. The number of carbonyl (C=O) groups is 1. The van der Waals surface area contributed by atoms with E-state index < -0.39 is 0 Å². The highest BCUT2D eigenvalue weighted by Gasteiger charge is 2.19. The number of hydrogen-bond acceptors (Lipinski definition) is 2. The summed E-state index contributed by atoms with van der Waals surface area (Å²) in [6.07, 6.45) is 7.79. The first kappa shape index (κ1) is 12.7. The first-order chi connectivity index (χ1) is 8.48. The second kappa shape index (κ2) is 4.86. The molecule has 1 atom stereocenters. The first-order valence-electron chi connectivity index (χ1n) is 6.21. The van der Waals surface area contributed by atoms with Crippen LogP contribution in [0, 0.1) is 23.2 Å². The molecular formula is C16H18O2. The highest BCUT2D eigenvalue weighted by atomic mass is 16.5. The molecule has 0 N–H and O–H groups in total. The molecule has 18 heavy (non-hydrogen) atoms. The molecule has 1 aliphatic carbocycles. The standard InChI is InChI=1S/C16H18O2/c1-16(2,3)7-6-12-4-5-14-8-13(10-17)11-18-15(14)9-12/h5,8-10,12H,4,11H2,1-3H3. The molecule has 1 aliphatic heterocycles. The van der Waals surface area contributed by atoms with Crippen molar-refractivity contribution in [3.05, 3.63) is 35.1 Å². The largest absolute Gasteiger partial charge is 0.488 e. The van der Waals surface area contributed by atoms with Crippen LogP contribution in [0.2, 0.25) is 0 Å². The Balaban J connectivity index is 2.15. The highest BCUT2D eigenvalue weighted by Crippen LogP contribution is 2.28. The van der Waals surface area contributed by atoms with Gasteiger partial charge in [0, 0.05) is 22.5 Å². The average Bonchev–Trinajstić information content (AvgIpc) is 2.34. The SMILES string of the molecule is CC(C)(C)C#CC1C=C2OCC(C=O)=CC2=CC1. The molecule has 0 aromatic carbocycles. The molecule has 0 spiro atoms. The van der Waals surface area contributed by atoms with Crippen molar-refractivity contribution in [2.75, 3.05) is 6.61 Å². The summed E-state index contributed by atoms with van der Waals surface area (Å²) in [6, 6.07) is 0. The predicted octanol–water partition coefficient (Wildman–Crippen LogP) is 3.02. The van der Waals surface area contributed by atoms with Crippen molar-refractivity contribution in [3.63, 3.8) is 0 Å². The van der Waals surface area contributed by atoms with Gasteiger partial charge in [0.05, 0.1) is 0 Å². The first-order valence-corrected chi connectivity index (χ1v) is 6.21. The lowest BCUT2D eigenvalue weighted by atomic mass is 9.91. The zero-order valence-electron chi connectivity index (χ0n) is 11.1. The Labute approximate surface area is 108 Å². The third-order valence-corrected chi connectivity index (χ3v) is 2.75. The van der Waals surface area contributed by atoms with Gasteiger partial charge in [0.1, 0.15) is 18.7 Å². The number of carbonyl (C=O) groups excluding carboxylic acids is 1. The Morgan fingerprint density at radius 2 is 2.22 bits per heavy atom. The van der Waals surface area contributed by atoms with Crippen LogP contribution in [-0.4, -0.2) is 12.9 Å². The van der Waals surface area contributed by atoms with Gasteiger partial charge in [-0.15, -0.1) is 0 Å². The van der Waals surface area contributed by atoms with Crippen LogP contribution in [0.25, 0.3) is 0 Å². The summed E-state index contributed by atoms with van der Waals surface area (Å²) in [5.74, 6) is 7.61.